The quantitative estimate of drug-likeness (QED) is 0.245. The zero-order chi connectivity index (χ0) is 26.9. The lowest BCUT2D eigenvalue weighted by molar-refractivity contribution is -0.158. The Hall–Kier alpha value is -3.44. The van der Waals surface area contributed by atoms with Gasteiger partial charge in [-0.25, -0.2) is 4.68 Å². The van der Waals surface area contributed by atoms with Gasteiger partial charge in [-0.2, -0.15) is 5.10 Å². The van der Waals surface area contributed by atoms with E-state index in [1.165, 1.54) is 4.68 Å². The van der Waals surface area contributed by atoms with E-state index in [9.17, 15) is 9.59 Å². The highest BCUT2D eigenvalue weighted by atomic mass is 35.5. The van der Waals surface area contributed by atoms with Crippen molar-refractivity contribution < 1.29 is 9.53 Å². The molecule has 0 amide bonds. The molecule has 4 aromatic rings. The number of carbonyl (C=O) groups excluding carboxylic acids is 1. The minimum absolute atomic E-state index is 0.139. The van der Waals surface area contributed by atoms with Crippen LogP contribution in [-0.2, 0) is 16.1 Å². The van der Waals surface area contributed by atoms with Crippen LogP contribution in [-0.4, -0.2) is 21.4 Å². The molecular formula is C32H33ClN2O3. The number of ether oxygens (including phenoxy) is 1. The Kier molecular flexibility index (Phi) is 7.40. The smallest absolute Gasteiger partial charge is 0.314 e. The van der Waals surface area contributed by atoms with Crippen molar-refractivity contribution in [2.75, 3.05) is 0 Å². The zero-order valence-corrected chi connectivity index (χ0v) is 22.9. The van der Waals surface area contributed by atoms with Crippen LogP contribution < -0.4 is 5.56 Å². The number of hydrogen-bond acceptors (Lipinski definition) is 4. The highest BCUT2D eigenvalue weighted by Crippen LogP contribution is 2.39. The summed E-state index contributed by atoms with van der Waals surface area (Å²) in [6, 6.07) is 23.0. The van der Waals surface area contributed by atoms with Gasteiger partial charge in [0.25, 0.3) is 5.56 Å². The van der Waals surface area contributed by atoms with Crippen molar-refractivity contribution in [3.05, 3.63) is 99.3 Å². The summed E-state index contributed by atoms with van der Waals surface area (Å²) in [5, 5.41) is 6.85. The van der Waals surface area contributed by atoms with Gasteiger partial charge in [-0.1, -0.05) is 79.0 Å². The third-order valence-corrected chi connectivity index (χ3v) is 7.44. The van der Waals surface area contributed by atoms with E-state index in [2.05, 4.69) is 0 Å². The van der Waals surface area contributed by atoms with Crippen molar-refractivity contribution >= 4 is 28.3 Å². The number of aromatic nitrogens is 2. The third kappa shape index (κ3) is 5.68. The summed E-state index contributed by atoms with van der Waals surface area (Å²) in [5.41, 5.74) is 2.87. The molecule has 1 aliphatic carbocycles. The van der Waals surface area contributed by atoms with Crippen molar-refractivity contribution in [3.63, 3.8) is 0 Å². The van der Waals surface area contributed by atoms with Gasteiger partial charge in [0.15, 0.2) is 0 Å². The molecule has 1 fully saturated rings. The van der Waals surface area contributed by atoms with Crippen LogP contribution in [0.15, 0.2) is 77.6 Å². The van der Waals surface area contributed by atoms with E-state index < -0.39 is 5.60 Å². The van der Waals surface area contributed by atoms with Crippen LogP contribution in [0.4, 0.5) is 0 Å². The number of carbonyl (C=O) groups is 1. The first-order valence-electron chi connectivity index (χ1n) is 13.3. The predicted molar refractivity (Wildman–Crippen MR) is 153 cm³/mol. The summed E-state index contributed by atoms with van der Waals surface area (Å²) in [4.78, 5) is 26.6. The lowest BCUT2D eigenvalue weighted by Gasteiger charge is -2.27. The lowest BCUT2D eigenvalue weighted by Crippen LogP contribution is -2.30. The third-order valence-electron chi connectivity index (χ3n) is 7.19. The van der Waals surface area contributed by atoms with Crippen molar-refractivity contribution in [2.45, 2.75) is 64.5 Å². The Morgan fingerprint density at radius 2 is 1.61 bits per heavy atom. The lowest BCUT2D eigenvalue weighted by atomic mass is 9.84. The number of halogens is 1. The summed E-state index contributed by atoms with van der Waals surface area (Å²) >= 11 is 6.10. The van der Waals surface area contributed by atoms with Crippen molar-refractivity contribution in [1.29, 1.82) is 0 Å². The van der Waals surface area contributed by atoms with E-state index >= 15 is 0 Å². The van der Waals surface area contributed by atoms with Crippen molar-refractivity contribution in [2.24, 2.45) is 5.92 Å². The summed E-state index contributed by atoms with van der Waals surface area (Å²) in [6.45, 7) is 6.05. The zero-order valence-electron chi connectivity index (χ0n) is 22.1. The fourth-order valence-corrected chi connectivity index (χ4v) is 5.55. The van der Waals surface area contributed by atoms with Gasteiger partial charge in [0, 0.05) is 16.0 Å². The molecule has 0 N–H and O–H groups in total. The molecule has 1 aromatic heterocycles. The largest absolute Gasteiger partial charge is 0.459 e. The summed E-state index contributed by atoms with van der Waals surface area (Å²) in [6.07, 6.45) is 4.37. The topological polar surface area (TPSA) is 61.2 Å². The van der Waals surface area contributed by atoms with Gasteiger partial charge in [0.1, 0.15) is 5.60 Å². The van der Waals surface area contributed by atoms with Crippen LogP contribution in [0.3, 0.4) is 0 Å². The molecule has 1 aliphatic rings. The number of hydrogen-bond donors (Lipinski definition) is 0. The number of nitrogens with zero attached hydrogens (tertiary/aromatic N) is 2. The van der Waals surface area contributed by atoms with Gasteiger partial charge in [-0.05, 0) is 68.9 Å². The molecule has 0 spiro atoms. The Labute approximate surface area is 228 Å². The maximum absolute atomic E-state index is 13.4. The van der Waals surface area contributed by atoms with E-state index in [0.717, 1.165) is 53.5 Å². The van der Waals surface area contributed by atoms with E-state index in [0.29, 0.717) is 22.9 Å². The van der Waals surface area contributed by atoms with Crippen molar-refractivity contribution in [1.82, 2.24) is 9.78 Å². The summed E-state index contributed by atoms with van der Waals surface area (Å²) in [5.74, 6) is -0.136. The molecule has 196 valence electrons. The highest BCUT2D eigenvalue weighted by molar-refractivity contribution is 6.30. The molecule has 6 heteroatoms. The monoisotopic (exact) mass is 528 g/mol. The first-order valence-corrected chi connectivity index (χ1v) is 13.6. The van der Waals surface area contributed by atoms with Gasteiger partial charge in [0.2, 0.25) is 0 Å². The molecule has 5 nitrogen and oxygen atoms in total. The summed E-state index contributed by atoms with van der Waals surface area (Å²) in [7, 11) is 0. The Morgan fingerprint density at radius 1 is 0.974 bits per heavy atom. The Balaban J connectivity index is 1.47. The first-order chi connectivity index (χ1) is 18.2. The highest BCUT2D eigenvalue weighted by Gasteiger charge is 2.35. The second-order valence-corrected chi connectivity index (χ2v) is 11.6. The normalized spacial score (nSPS) is 15.1. The van der Waals surface area contributed by atoms with Crippen LogP contribution in [0, 0.1) is 5.92 Å². The minimum atomic E-state index is -0.529. The molecule has 0 radical (unpaired) electrons. The second-order valence-electron chi connectivity index (χ2n) is 11.2. The predicted octanol–water partition coefficient (Wildman–Crippen LogP) is 7.38. The van der Waals surface area contributed by atoms with E-state index in [1.807, 2.05) is 93.6 Å². The van der Waals surface area contributed by atoms with Gasteiger partial charge in [-0.15, -0.1) is 0 Å². The average molecular weight is 529 g/mol. The van der Waals surface area contributed by atoms with Gasteiger partial charge < -0.3 is 4.74 Å². The molecule has 38 heavy (non-hydrogen) atoms. The second kappa shape index (κ2) is 10.7. The molecule has 1 unspecified atom stereocenters. The maximum atomic E-state index is 13.4. The molecule has 3 aromatic carbocycles. The molecule has 0 aliphatic heterocycles. The molecule has 1 saturated carbocycles. The molecular weight excluding hydrogens is 496 g/mol. The van der Waals surface area contributed by atoms with Crippen LogP contribution in [0.25, 0.3) is 22.0 Å². The number of benzene rings is 3. The van der Waals surface area contributed by atoms with E-state index in [1.54, 1.807) is 0 Å². The first kappa shape index (κ1) is 26.2. The molecule has 5 rings (SSSR count). The van der Waals surface area contributed by atoms with Gasteiger partial charge >= 0.3 is 5.97 Å². The standard InChI is InChI=1S/C32H33ClN2O3/c1-32(2,3)38-31(37)28(22-8-4-5-9-22)23-14-12-21(13-15-23)20-35-30(36)27-11-7-6-10-26(27)29(34-35)24-16-18-25(33)19-17-24/h6-7,10-19,22,28H,4-5,8-9,20H2,1-3H3. The van der Waals surface area contributed by atoms with Crippen molar-refractivity contribution in [3.8, 4) is 11.3 Å². The number of rotatable bonds is 6. The SMILES string of the molecule is CC(C)(C)OC(=O)C(c1ccc(Cn2nc(-c3ccc(Cl)cc3)c3ccccc3c2=O)cc1)C1CCCC1. The molecule has 0 bridgehead atoms. The Morgan fingerprint density at radius 3 is 2.24 bits per heavy atom. The number of fused-ring (bicyclic) bond motifs is 1. The van der Waals surface area contributed by atoms with Gasteiger partial charge in [-0.3, -0.25) is 9.59 Å². The van der Waals surface area contributed by atoms with E-state index in [-0.39, 0.29) is 17.4 Å². The molecule has 0 saturated heterocycles. The number of esters is 1. The summed E-state index contributed by atoms with van der Waals surface area (Å²) < 4.78 is 7.33. The van der Waals surface area contributed by atoms with E-state index in [4.69, 9.17) is 21.4 Å². The fraction of sp³-hybridized carbons (Fsp3) is 0.344. The average Bonchev–Trinajstić information content (AvgIpc) is 3.41. The molecule has 1 atom stereocenters. The Bertz CT molecular complexity index is 1500. The minimum Gasteiger partial charge on any atom is -0.459 e. The van der Waals surface area contributed by atoms with Gasteiger partial charge in [0.05, 0.1) is 23.5 Å². The van der Waals surface area contributed by atoms with Crippen LogP contribution in [0.1, 0.15) is 63.5 Å². The van der Waals surface area contributed by atoms with Crippen LogP contribution in [0.5, 0.6) is 0 Å². The fourth-order valence-electron chi connectivity index (χ4n) is 5.42. The van der Waals surface area contributed by atoms with Crippen LogP contribution in [0.2, 0.25) is 5.02 Å². The molecule has 1 heterocycles. The van der Waals surface area contributed by atoms with Crippen LogP contribution >= 0.6 is 11.6 Å². The maximum Gasteiger partial charge on any atom is 0.314 e.